The topological polar surface area (TPSA) is 80.0 Å². The van der Waals surface area contributed by atoms with Crippen molar-refractivity contribution in [3.05, 3.63) is 53.2 Å². The molecule has 0 saturated heterocycles. The zero-order valence-electron chi connectivity index (χ0n) is 13.5. The highest BCUT2D eigenvalue weighted by atomic mass is 32.2. The van der Waals surface area contributed by atoms with Crippen LogP contribution >= 0.6 is 11.8 Å². The zero-order chi connectivity index (χ0) is 16.8. The lowest BCUT2D eigenvalue weighted by Crippen LogP contribution is -2.29. The minimum absolute atomic E-state index is 0.0563. The van der Waals surface area contributed by atoms with Crippen molar-refractivity contribution in [2.45, 2.75) is 24.0 Å². The number of thioether (sulfide) groups is 1. The Morgan fingerprint density at radius 2 is 2.29 bits per heavy atom. The van der Waals surface area contributed by atoms with Crippen molar-refractivity contribution in [3.63, 3.8) is 0 Å². The lowest BCUT2D eigenvalue weighted by atomic mass is 10.1. The van der Waals surface area contributed by atoms with Crippen LogP contribution in [0, 0.1) is 6.92 Å². The number of benzene rings is 1. The van der Waals surface area contributed by atoms with Gasteiger partial charge in [0.2, 0.25) is 5.89 Å². The Hall–Kier alpha value is -2.12. The van der Waals surface area contributed by atoms with Gasteiger partial charge in [0.1, 0.15) is 0 Å². The number of hydrogen-bond acceptors (Lipinski definition) is 6. The summed E-state index contributed by atoms with van der Waals surface area (Å²) < 4.78 is 5.12. The van der Waals surface area contributed by atoms with E-state index in [0.717, 1.165) is 24.4 Å². The number of nitrogens with one attached hydrogen (secondary N) is 2. The molecule has 0 bridgehead atoms. The van der Waals surface area contributed by atoms with Crippen LogP contribution in [0.5, 0.6) is 0 Å². The monoisotopic (exact) mass is 344 g/mol. The smallest absolute Gasteiger partial charge is 0.252 e. The molecule has 24 heavy (non-hydrogen) atoms. The van der Waals surface area contributed by atoms with E-state index in [1.807, 2.05) is 24.3 Å². The fourth-order valence-corrected chi connectivity index (χ4v) is 3.32. The summed E-state index contributed by atoms with van der Waals surface area (Å²) in [5.74, 6) is 1.67. The Balaban J connectivity index is 1.62. The molecule has 3 rings (SSSR count). The molecule has 0 fully saturated rings. The first-order valence-corrected chi connectivity index (χ1v) is 8.89. The molecule has 1 amide bonds. The van der Waals surface area contributed by atoms with E-state index in [0.29, 0.717) is 29.6 Å². The number of hydrogen-bond donors (Lipinski definition) is 2. The molecule has 0 atom stereocenters. The van der Waals surface area contributed by atoms with Crippen molar-refractivity contribution in [1.82, 2.24) is 20.8 Å². The fraction of sp³-hybridized carbons (Fsp3) is 0.353. The number of amides is 1. The third-order valence-corrected chi connectivity index (χ3v) is 4.74. The Kier molecular flexibility index (Phi) is 5.66. The van der Waals surface area contributed by atoms with Crippen LogP contribution in [-0.4, -0.2) is 35.7 Å². The van der Waals surface area contributed by atoms with E-state index in [2.05, 4.69) is 26.9 Å². The number of carbonyl (C=O) groups excluding carboxylic acids is 1. The molecule has 0 unspecified atom stereocenters. The van der Waals surface area contributed by atoms with E-state index >= 15 is 0 Å². The summed E-state index contributed by atoms with van der Waals surface area (Å²) in [5.41, 5.74) is 1.95. The van der Waals surface area contributed by atoms with Crippen LogP contribution in [0.2, 0.25) is 0 Å². The molecular formula is C17H20N4O2S. The van der Waals surface area contributed by atoms with Crippen LogP contribution in [-0.2, 0) is 5.75 Å². The maximum atomic E-state index is 12.5. The van der Waals surface area contributed by atoms with Gasteiger partial charge in [0, 0.05) is 18.0 Å². The number of aromatic nitrogens is 2. The van der Waals surface area contributed by atoms with Gasteiger partial charge in [-0.05, 0) is 32.0 Å². The number of carbonyl (C=O) groups is 1. The molecule has 126 valence electrons. The van der Waals surface area contributed by atoms with E-state index in [4.69, 9.17) is 4.52 Å². The fourth-order valence-electron chi connectivity index (χ4n) is 2.44. The normalized spacial score (nSPS) is 14.3. The first-order chi connectivity index (χ1) is 11.7. The van der Waals surface area contributed by atoms with Gasteiger partial charge in [-0.3, -0.25) is 4.79 Å². The molecule has 1 aromatic heterocycles. The zero-order valence-corrected chi connectivity index (χ0v) is 14.4. The Morgan fingerprint density at radius 3 is 3.04 bits per heavy atom. The van der Waals surface area contributed by atoms with Gasteiger partial charge >= 0.3 is 0 Å². The second-order valence-electron chi connectivity index (χ2n) is 5.52. The Bertz CT molecular complexity index is 742. The van der Waals surface area contributed by atoms with Gasteiger partial charge in [0.05, 0.1) is 11.3 Å². The molecule has 1 aliphatic heterocycles. The first kappa shape index (κ1) is 16.7. The predicted octanol–water partition coefficient (Wildman–Crippen LogP) is 2.32. The third-order valence-electron chi connectivity index (χ3n) is 3.69. The molecule has 0 saturated carbocycles. The molecule has 0 radical (unpaired) electrons. The van der Waals surface area contributed by atoms with Gasteiger partial charge in [-0.2, -0.15) is 4.98 Å². The third kappa shape index (κ3) is 4.46. The Morgan fingerprint density at radius 1 is 1.42 bits per heavy atom. The summed E-state index contributed by atoms with van der Waals surface area (Å²) in [5, 5.41) is 10.1. The summed E-state index contributed by atoms with van der Waals surface area (Å²) in [6.07, 6.45) is 3.12. The highest BCUT2D eigenvalue weighted by molar-refractivity contribution is 7.98. The SMILES string of the molecule is Cc1noc(CSc2ccccc2C(=O)NCC2=CCNCC2)n1. The van der Waals surface area contributed by atoms with Crippen molar-refractivity contribution in [2.24, 2.45) is 0 Å². The van der Waals surface area contributed by atoms with E-state index in [1.165, 1.54) is 17.3 Å². The second kappa shape index (κ2) is 8.12. The van der Waals surface area contributed by atoms with Crippen LogP contribution in [0.15, 0.2) is 45.3 Å². The Labute approximate surface area is 145 Å². The largest absolute Gasteiger partial charge is 0.348 e. The molecule has 2 N–H and O–H groups in total. The summed E-state index contributed by atoms with van der Waals surface area (Å²) in [6.45, 7) is 4.23. The molecule has 2 aromatic rings. The summed E-state index contributed by atoms with van der Waals surface area (Å²) >= 11 is 1.52. The molecule has 1 aromatic carbocycles. The standard InChI is InChI=1S/C17H20N4O2S/c1-12-20-16(23-21-12)11-24-15-5-3-2-4-14(15)17(22)19-10-13-6-8-18-9-7-13/h2-6,18H,7-11H2,1H3,(H,19,22). The van der Waals surface area contributed by atoms with Crippen molar-refractivity contribution in [3.8, 4) is 0 Å². The number of aryl methyl sites for hydroxylation is 1. The van der Waals surface area contributed by atoms with Gasteiger partial charge in [0.15, 0.2) is 5.82 Å². The van der Waals surface area contributed by atoms with Crippen molar-refractivity contribution in [2.75, 3.05) is 19.6 Å². The second-order valence-corrected chi connectivity index (χ2v) is 6.54. The average molecular weight is 344 g/mol. The van der Waals surface area contributed by atoms with Crippen molar-refractivity contribution in [1.29, 1.82) is 0 Å². The first-order valence-electron chi connectivity index (χ1n) is 7.90. The van der Waals surface area contributed by atoms with Crippen molar-refractivity contribution < 1.29 is 9.32 Å². The lowest BCUT2D eigenvalue weighted by Gasteiger charge is -2.15. The molecule has 0 spiro atoms. The van der Waals surface area contributed by atoms with Crippen LogP contribution in [0.3, 0.4) is 0 Å². The quantitative estimate of drug-likeness (QED) is 0.618. The summed E-state index contributed by atoms with van der Waals surface area (Å²) in [7, 11) is 0. The van der Waals surface area contributed by atoms with Crippen LogP contribution < -0.4 is 10.6 Å². The minimum Gasteiger partial charge on any atom is -0.348 e. The molecule has 7 heteroatoms. The molecule has 6 nitrogen and oxygen atoms in total. The lowest BCUT2D eigenvalue weighted by molar-refractivity contribution is 0.0953. The maximum Gasteiger partial charge on any atom is 0.252 e. The van der Waals surface area contributed by atoms with Gasteiger partial charge in [-0.15, -0.1) is 11.8 Å². The molecule has 1 aliphatic rings. The highest BCUT2D eigenvalue weighted by Crippen LogP contribution is 2.25. The van der Waals surface area contributed by atoms with Gasteiger partial charge in [-0.25, -0.2) is 0 Å². The number of rotatable bonds is 6. The van der Waals surface area contributed by atoms with Crippen LogP contribution in [0.1, 0.15) is 28.5 Å². The summed E-state index contributed by atoms with van der Waals surface area (Å²) in [4.78, 5) is 17.6. The number of nitrogens with zero attached hydrogens (tertiary/aromatic N) is 2. The van der Waals surface area contributed by atoms with Gasteiger partial charge in [-0.1, -0.05) is 28.9 Å². The maximum absolute atomic E-state index is 12.5. The van der Waals surface area contributed by atoms with Crippen LogP contribution in [0.25, 0.3) is 0 Å². The van der Waals surface area contributed by atoms with Crippen LogP contribution in [0.4, 0.5) is 0 Å². The summed E-state index contributed by atoms with van der Waals surface area (Å²) in [6, 6.07) is 7.58. The predicted molar refractivity (Wildman–Crippen MR) is 92.9 cm³/mol. The van der Waals surface area contributed by atoms with Gasteiger partial charge < -0.3 is 15.2 Å². The van der Waals surface area contributed by atoms with E-state index in [1.54, 1.807) is 6.92 Å². The minimum atomic E-state index is -0.0563. The van der Waals surface area contributed by atoms with E-state index in [9.17, 15) is 4.79 Å². The van der Waals surface area contributed by atoms with Crippen molar-refractivity contribution >= 4 is 17.7 Å². The van der Waals surface area contributed by atoms with E-state index < -0.39 is 0 Å². The van der Waals surface area contributed by atoms with E-state index in [-0.39, 0.29) is 5.91 Å². The average Bonchev–Trinajstić information content (AvgIpc) is 3.04. The molecular weight excluding hydrogens is 324 g/mol. The molecule has 0 aliphatic carbocycles. The highest BCUT2D eigenvalue weighted by Gasteiger charge is 2.13. The molecule has 2 heterocycles. The van der Waals surface area contributed by atoms with Gasteiger partial charge in [0.25, 0.3) is 5.91 Å².